The van der Waals surface area contributed by atoms with Crippen LogP contribution in [0.15, 0.2) is 0 Å². The van der Waals surface area contributed by atoms with E-state index in [-0.39, 0.29) is 5.54 Å². The zero-order valence-electron chi connectivity index (χ0n) is 11.4. The van der Waals surface area contributed by atoms with Crippen molar-refractivity contribution in [1.82, 2.24) is 5.32 Å². The monoisotopic (exact) mass is 214 g/mol. The molecule has 0 aliphatic rings. The highest BCUT2D eigenvalue weighted by Gasteiger charge is 2.19. The van der Waals surface area contributed by atoms with E-state index < -0.39 is 0 Å². The Morgan fingerprint density at radius 1 is 1.13 bits per heavy atom. The van der Waals surface area contributed by atoms with Gasteiger partial charge in [-0.2, -0.15) is 0 Å². The Bertz CT molecular complexity index is 154. The van der Waals surface area contributed by atoms with Gasteiger partial charge in [-0.25, -0.2) is 0 Å². The number of hydrogen-bond acceptors (Lipinski definition) is 2. The standard InChI is InChI=1S/C13H30N2/c1-7-13(6,14)9-15-8-12(10(2)3)11(4)5/h10-12,15H,7-9,14H2,1-6H3. The van der Waals surface area contributed by atoms with Gasteiger partial charge in [-0.15, -0.1) is 0 Å². The minimum absolute atomic E-state index is 0.0570. The van der Waals surface area contributed by atoms with Crippen LogP contribution in [-0.2, 0) is 0 Å². The molecule has 0 fully saturated rings. The molecule has 92 valence electrons. The second kappa shape index (κ2) is 6.49. The van der Waals surface area contributed by atoms with Crippen LogP contribution in [0.5, 0.6) is 0 Å². The summed E-state index contributed by atoms with van der Waals surface area (Å²) in [5.74, 6) is 2.23. The average Bonchev–Trinajstić information content (AvgIpc) is 2.11. The first-order chi connectivity index (χ1) is 6.80. The fraction of sp³-hybridized carbons (Fsp3) is 1.00. The normalized spacial score (nSPS) is 16.4. The van der Waals surface area contributed by atoms with Gasteiger partial charge in [-0.1, -0.05) is 34.6 Å². The summed E-state index contributed by atoms with van der Waals surface area (Å²) in [6.45, 7) is 15.5. The summed E-state index contributed by atoms with van der Waals surface area (Å²) in [7, 11) is 0. The van der Waals surface area contributed by atoms with Crippen molar-refractivity contribution in [3.8, 4) is 0 Å². The molecule has 2 heteroatoms. The summed E-state index contributed by atoms with van der Waals surface area (Å²) < 4.78 is 0. The van der Waals surface area contributed by atoms with Crippen molar-refractivity contribution in [3.05, 3.63) is 0 Å². The quantitative estimate of drug-likeness (QED) is 0.684. The molecule has 0 rings (SSSR count). The van der Waals surface area contributed by atoms with Crippen LogP contribution in [0.3, 0.4) is 0 Å². The van der Waals surface area contributed by atoms with Crippen LogP contribution < -0.4 is 11.1 Å². The van der Waals surface area contributed by atoms with Crippen molar-refractivity contribution in [3.63, 3.8) is 0 Å². The number of nitrogens with two attached hydrogens (primary N) is 1. The Kier molecular flexibility index (Phi) is 6.46. The third-order valence-corrected chi connectivity index (χ3v) is 3.43. The molecule has 0 aromatic heterocycles. The van der Waals surface area contributed by atoms with E-state index in [2.05, 4.69) is 46.9 Å². The molecule has 1 unspecified atom stereocenters. The molecule has 0 aromatic carbocycles. The van der Waals surface area contributed by atoms with E-state index in [1.165, 1.54) is 0 Å². The van der Waals surface area contributed by atoms with Crippen LogP contribution in [0, 0.1) is 17.8 Å². The summed E-state index contributed by atoms with van der Waals surface area (Å²) in [5.41, 5.74) is 6.03. The van der Waals surface area contributed by atoms with E-state index in [0.29, 0.717) is 0 Å². The number of nitrogens with one attached hydrogen (secondary N) is 1. The maximum atomic E-state index is 6.09. The lowest BCUT2D eigenvalue weighted by Crippen LogP contribution is -2.47. The first-order valence-corrected chi connectivity index (χ1v) is 6.29. The minimum atomic E-state index is -0.0570. The maximum absolute atomic E-state index is 6.09. The van der Waals surface area contributed by atoms with Gasteiger partial charge < -0.3 is 11.1 Å². The molecule has 15 heavy (non-hydrogen) atoms. The first-order valence-electron chi connectivity index (χ1n) is 6.29. The Labute approximate surface area is 96.0 Å². The predicted molar refractivity (Wildman–Crippen MR) is 68.9 cm³/mol. The minimum Gasteiger partial charge on any atom is -0.324 e. The van der Waals surface area contributed by atoms with E-state index in [1.54, 1.807) is 0 Å². The molecule has 0 aliphatic heterocycles. The van der Waals surface area contributed by atoms with Gasteiger partial charge >= 0.3 is 0 Å². The number of rotatable bonds is 7. The molecule has 0 aromatic rings. The molecule has 3 N–H and O–H groups in total. The highest BCUT2D eigenvalue weighted by atomic mass is 14.9. The topological polar surface area (TPSA) is 38.0 Å². The second-order valence-corrected chi connectivity index (χ2v) is 5.79. The third kappa shape index (κ3) is 6.16. The average molecular weight is 214 g/mol. The number of hydrogen-bond donors (Lipinski definition) is 2. The molecule has 0 saturated heterocycles. The second-order valence-electron chi connectivity index (χ2n) is 5.79. The summed E-state index contributed by atoms with van der Waals surface area (Å²) in [6, 6.07) is 0. The highest BCUT2D eigenvalue weighted by Crippen LogP contribution is 2.19. The molecule has 0 amide bonds. The summed E-state index contributed by atoms with van der Waals surface area (Å²) in [5, 5.41) is 3.51. The van der Waals surface area contributed by atoms with Crippen molar-refractivity contribution < 1.29 is 0 Å². The molecule has 1 atom stereocenters. The lowest BCUT2D eigenvalue weighted by Gasteiger charge is -2.28. The Morgan fingerprint density at radius 3 is 1.93 bits per heavy atom. The van der Waals surface area contributed by atoms with Crippen LogP contribution >= 0.6 is 0 Å². The molecule has 0 bridgehead atoms. The molecule has 0 radical (unpaired) electrons. The molecule has 0 spiro atoms. The third-order valence-electron chi connectivity index (χ3n) is 3.43. The lowest BCUT2D eigenvalue weighted by atomic mass is 9.85. The van der Waals surface area contributed by atoms with Gasteiger partial charge in [0, 0.05) is 12.1 Å². The van der Waals surface area contributed by atoms with Gasteiger partial charge in [0.15, 0.2) is 0 Å². The fourth-order valence-electron chi connectivity index (χ4n) is 1.89. The van der Waals surface area contributed by atoms with Gasteiger partial charge in [0.1, 0.15) is 0 Å². The van der Waals surface area contributed by atoms with Crippen molar-refractivity contribution in [2.75, 3.05) is 13.1 Å². The van der Waals surface area contributed by atoms with Gasteiger partial charge in [0.25, 0.3) is 0 Å². The van der Waals surface area contributed by atoms with Crippen LogP contribution in [0.2, 0.25) is 0 Å². The molecule has 0 saturated carbocycles. The van der Waals surface area contributed by atoms with Crippen LogP contribution in [0.25, 0.3) is 0 Å². The predicted octanol–water partition coefficient (Wildman–Crippen LogP) is 2.63. The Hall–Kier alpha value is -0.0800. The van der Waals surface area contributed by atoms with Crippen LogP contribution in [0.4, 0.5) is 0 Å². The molecule has 0 aliphatic carbocycles. The van der Waals surface area contributed by atoms with Crippen molar-refractivity contribution in [2.24, 2.45) is 23.5 Å². The molecular weight excluding hydrogens is 184 g/mol. The van der Waals surface area contributed by atoms with E-state index in [0.717, 1.165) is 37.3 Å². The van der Waals surface area contributed by atoms with Crippen molar-refractivity contribution in [1.29, 1.82) is 0 Å². The van der Waals surface area contributed by atoms with Crippen molar-refractivity contribution in [2.45, 2.75) is 53.5 Å². The van der Waals surface area contributed by atoms with E-state index in [9.17, 15) is 0 Å². The van der Waals surface area contributed by atoms with Crippen LogP contribution in [0.1, 0.15) is 48.0 Å². The van der Waals surface area contributed by atoms with Gasteiger partial charge in [-0.05, 0) is 37.6 Å². The van der Waals surface area contributed by atoms with E-state index in [1.807, 2.05) is 0 Å². The maximum Gasteiger partial charge on any atom is 0.0249 e. The highest BCUT2D eigenvalue weighted by molar-refractivity contribution is 4.80. The largest absolute Gasteiger partial charge is 0.324 e. The first kappa shape index (κ1) is 14.9. The zero-order valence-corrected chi connectivity index (χ0v) is 11.4. The molecule has 2 nitrogen and oxygen atoms in total. The zero-order chi connectivity index (χ0) is 12.1. The van der Waals surface area contributed by atoms with Crippen molar-refractivity contribution >= 4 is 0 Å². The van der Waals surface area contributed by atoms with Gasteiger partial charge in [0.2, 0.25) is 0 Å². The Balaban J connectivity index is 3.92. The Morgan fingerprint density at radius 2 is 1.60 bits per heavy atom. The van der Waals surface area contributed by atoms with Crippen LogP contribution in [-0.4, -0.2) is 18.6 Å². The van der Waals surface area contributed by atoms with E-state index >= 15 is 0 Å². The SMILES string of the molecule is CCC(C)(N)CNCC(C(C)C)C(C)C. The summed E-state index contributed by atoms with van der Waals surface area (Å²) in [6.07, 6.45) is 1.02. The molecule has 0 heterocycles. The van der Waals surface area contributed by atoms with Gasteiger partial charge in [-0.3, -0.25) is 0 Å². The lowest BCUT2D eigenvalue weighted by molar-refractivity contribution is 0.266. The summed E-state index contributed by atoms with van der Waals surface area (Å²) >= 11 is 0. The summed E-state index contributed by atoms with van der Waals surface area (Å²) in [4.78, 5) is 0. The van der Waals surface area contributed by atoms with E-state index in [4.69, 9.17) is 5.73 Å². The molecular formula is C13H30N2. The smallest absolute Gasteiger partial charge is 0.0249 e. The van der Waals surface area contributed by atoms with Gasteiger partial charge in [0.05, 0.1) is 0 Å². The fourth-order valence-corrected chi connectivity index (χ4v) is 1.89.